The minimum atomic E-state index is -0.244. The van der Waals surface area contributed by atoms with Gasteiger partial charge in [-0.1, -0.05) is 43.7 Å². The van der Waals surface area contributed by atoms with Gasteiger partial charge in [0.2, 0.25) is 0 Å². The molecule has 0 saturated heterocycles. The van der Waals surface area contributed by atoms with Gasteiger partial charge in [-0.05, 0) is 35.2 Å². The van der Waals surface area contributed by atoms with Crippen LogP contribution >= 0.6 is 0 Å². The smallest absolute Gasteiger partial charge is 0.338 e. The molecule has 0 bridgehead atoms. The second-order valence-electron chi connectivity index (χ2n) is 4.41. The zero-order chi connectivity index (χ0) is 13.0. The van der Waals surface area contributed by atoms with Gasteiger partial charge in [0, 0.05) is 0 Å². The van der Waals surface area contributed by atoms with E-state index in [2.05, 4.69) is 19.1 Å². The fourth-order valence-electron chi connectivity index (χ4n) is 2.26. The first kappa shape index (κ1) is 12.6. The van der Waals surface area contributed by atoms with Gasteiger partial charge in [-0.2, -0.15) is 0 Å². The fraction of sp³-hybridized carbons (Fsp3) is 0.312. The van der Waals surface area contributed by atoms with E-state index >= 15 is 0 Å². The first-order valence-electron chi connectivity index (χ1n) is 6.37. The third kappa shape index (κ3) is 2.37. The lowest BCUT2D eigenvalue weighted by atomic mass is 9.95. The summed E-state index contributed by atoms with van der Waals surface area (Å²) in [6, 6.07) is 12.0. The highest BCUT2D eigenvalue weighted by atomic mass is 16.5. The summed E-state index contributed by atoms with van der Waals surface area (Å²) in [4.78, 5) is 11.8. The van der Waals surface area contributed by atoms with E-state index in [1.54, 1.807) is 0 Å². The fourth-order valence-corrected chi connectivity index (χ4v) is 2.26. The largest absolute Gasteiger partial charge is 0.465 e. The number of rotatable bonds is 4. The van der Waals surface area contributed by atoms with Crippen molar-refractivity contribution in [1.29, 1.82) is 0 Å². The summed E-state index contributed by atoms with van der Waals surface area (Å²) in [5.41, 5.74) is 1.81. The van der Waals surface area contributed by atoms with Gasteiger partial charge in [-0.25, -0.2) is 4.79 Å². The van der Waals surface area contributed by atoms with E-state index in [1.165, 1.54) is 12.5 Å². The predicted molar refractivity (Wildman–Crippen MR) is 73.9 cm³/mol. The van der Waals surface area contributed by atoms with Crippen LogP contribution in [0, 0.1) is 0 Å². The molecule has 0 amide bonds. The minimum Gasteiger partial charge on any atom is -0.465 e. The number of benzene rings is 2. The van der Waals surface area contributed by atoms with Gasteiger partial charge in [0.25, 0.3) is 0 Å². The molecule has 0 unspecified atom stereocenters. The average molecular weight is 242 g/mol. The van der Waals surface area contributed by atoms with E-state index in [-0.39, 0.29) is 5.97 Å². The van der Waals surface area contributed by atoms with Crippen LogP contribution in [0.5, 0.6) is 0 Å². The summed E-state index contributed by atoms with van der Waals surface area (Å²) in [6.45, 7) is 2.16. The second kappa shape index (κ2) is 5.67. The number of aryl methyl sites for hydroxylation is 1. The molecule has 0 aliphatic rings. The number of unbranched alkanes of at least 4 members (excludes halogenated alkanes) is 1. The topological polar surface area (TPSA) is 26.3 Å². The van der Waals surface area contributed by atoms with Crippen molar-refractivity contribution in [2.45, 2.75) is 26.2 Å². The molecule has 2 nitrogen and oxygen atoms in total. The Balaban J connectivity index is 2.59. The average Bonchev–Trinajstić information content (AvgIpc) is 2.43. The molecular formula is C16H18O2. The number of hydrogen-bond donors (Lipinski definition) is 0. The summed E-state index contributed by atoms with van der Waals surface area (Å²) in [7, 11) is 1.43. The third-order valence-corrected chi connectivity index (χ3v) is 3.23. The molecule has 0 radical (unpaired) electrons. The number of hydrogen-bond acceptors (Lipinski definition) is 2. The van der Waals surface area contributed by atoms with Crippen LogP contribution in [0.15, 0.2) is 36.4 Å². The molecule has 0 aliphatic carbocycles. The van der Waals surface area contributed by atoms with Crippen molar-refractivity contribution < 1.29 is 9.53 Å². The lowest BCUT2D eigenvalue weighted by Gasteiger charge is -2.11. The SMILES string of the molecule is CCCCc1c(C(=O)OC)ccc2ccccc12. The Morgan fingerprint density at radius 1 is 1.17 bits per heavy atom. The van der Waals surface area contributed by atoms with Gasteiger partial charge >= 0.3 is 5.97 Å². The second-order valence-corrected chi connectivity index (χ2v) is 4.41. The summed E-state index contributed by atoms with van der Waals surface area (Å²) in [6.07, 6.45) is 3.12. The summed E-state index contributed by atoms with van der Waals surface area (Å²) in [5, 5.41) is 2.34. The molecular weight excluding hydrogens is 224 g/mol. The molecule has 2 rings (SSSR count). The van der Waals surface area contributed by atoms with Crippen molar-refractivity contribution in [1.82, 2.24) is 0 Å². The Hall–Kier alpha value is -1.83. The Kier molecular flexibility index (Phi) is 3.98. The Labute approximate surface area is 108 Å². The van der Waals surface area contributed by atoms with E-state index in [0.717, 1.165) is 30.2 Å². The van der Waals surface area contributed by atoms with Crippen LogP contribution in [-0.4, -0.2) is 13.1 Å². The minimum absolute atomic E-state index is 0.244. The van der Waals surface area contributed by atoms with Crippen LogP contribution in [-0.2, 0) is 11.2 Å². The molecule has 0 N–H and O–H groups in total. The summed E-state index contributed by atoms with van der Waals surface area (Å²) < 4.78 is 4.87. The zero-order valence-corrected chi connectivity index (χ0v) is 10.9. The van der Waals surface area contributed by atoms with Gasteiger partial charge in [0.1, 0.15) is 0 Å². The first-order valence-corrected chi connectivity index (χ1v) is 6.37. The maximum absolute atomic E-state index is 11.8. The van der Waals surface area contributed by atoms with Crippen LogP contribution in [0.25, 0.3) is 10.8 Å². The molecule has 0 saturated carbocycles. The van der Waals surface area contributed by atoms with E-state index in [0.29, 0.717) is 5.56 Å². The van der Waals surface area contributed by atoms with E-state index in [4.69, 9.17) is 4.74 Å². The normalized spacial score (nSPS) is 10.6. The molecule has 0 heterocycles. The molecule has 2 heteroatoms. The predicted octanol–water partition coefficient (Wildman–Crippen LogP) is 3.97. The van der Waals surface area contributed by atoms with Crippen molar-refractivity contribution in [3.8, 4) is 0 Å². The summed E-state index contributed by atoms with van der Waals surface area (Å²) >= 11 is 0. The van der Waals surface area contributed by atoms with Crippen molar-refractivity contribution in [2.75, 3.05) is 7.11 Å². The van der Waals surface area contributed by atoms with E-state index in [1.807, 2.05) is 24.3 Å². The highest BCUT2D eigenvalue weighted by molar-refractivity contribution is 5.98. The molecule has 2 aromatic carbocycles. The van der Waals surface area contributed by atoms with Crippen molar-refractivity contribution >= 4 is 16.7 Å². The Morgan fingerprint density at radius 3 is 2.67 bits per heavy atom. The number of methoxy groups -OCH3 is 1. The van der Waals surface area contributed by atoms with Crippen molar-refractivity contribution in [2.24, 2.45) is 0 Å². The van der Waals surface area contributed by atoms with Gasteiger partial charge in [-0.3, -0.25) is 0 Å². The quantitative estimate of drug-likeness (QED) is 0.758. The lowest BCUT2D eigenvalue weighted by Crippen LogP contribution is -2.06. The van der Waals surface area contributed by atoms with Crippen LogP contribution < -0.4 is 0 Å². The van der Waals surface area contributed by atoms with E-state index in [9.17, 15) is 4.79 Å². The zero-order valence-electron chi connectivity index (χ0n) is 10.9. The molecule has 0 spiro atoms. The van der Waals surface area contributed by atoms with Gasteiger partial charge in [-0.15, -0.1) is 0 Å². The first-order chi connectivity index (χ1) is 8.77. The van der Waals surface area contributed by atoms with E-state index < -0.39 is 0 Å². The number of esters is 1. The van der Waals surface area contributed by atoms with Crippen molar-refractivity contribution in [3.05, 3.63) is 47.5 Å². The summed E-state index contributed by atoms with van der Waals surface area (Å²) in [5.74, 6) is -0.244. The number of fused-ring (bicyclic) bond motifs is 1. The van der Waals surface area contributed by atoms with Gasteiger partial charge in [0.15, 0.2) is 0 Å². The molecule has 0 atom stereocenters. The lowest BCUT2D eigenvalue weighted by molar-refractivity contribution is 0.0599. The third-order valence-electron chi connectivity index (χ3n) is 3.23. The molecule has 0 fully saturated rings. The highest BCUT2D eigenvalue weighted by Crippen LogP contribution is 2.24. The molecule has 0 aromatic heterocycles. The van der Waals surface area contributed by atoms with Gasteiger partial charge < -0.3 is 4.74 Å². The van der Waals surface area contributed by atoms with Crippen LogP contribution in [0.3, 0.4) is 0 Å². The highest BCUT2D eigenvalue weighted by Gasteiger charge is 2.13. The number of carbonyl (C=O) groups excluding carboxylic acids is 1. The number of carbonyl (C=O) groups is 1. The maximum atomic E-state index is 11.8. The van der Waals surface area contributed by atoms with Crippen LogP contribution in [0.1, 0.15) is 35.7 Å². The monoisotopic (exact) mass is 242 g/mol. The number of ether oxygens (including phenoxy) is 1. The van der Waals surface area contributed by atoms with Gasteiger partial charge in [0.05, 0.1) is 12.7 Å². The molecule has 18 heavy (non-hydrogen) atoms. The molecule has 94 valence electrons. The Bertz CT molecular complexity index is 558. The van der Waals surface area contributed by atoms with Crippen molar-refractivity contribution in [3.63, 3.8) is 0 Å². The standard InChI is InChI=1S/C16H18O2/c1-3-4-8-14-13-9-6-5-7-12(13)10-11-15(14)16(17)18-2/h5-7,9-11H,3-4,8H2,1-2H3. The van der Waals surface area contributed by atoms with Crippen LogP contribution in [0.4, 0.5) is 0 Å². The Morgan fingerprint density at radius 2 is 1.94 bits per heavy atom. The molecule has 2 aromatic rings. The van der Waals surface area contributed by atoms with Crippen LogP contribution in [0.2, 0.25) is 0 Å². The maximum Gasteiger partial charge on any atom is 0.338 e. The molecule has 0 aliphatic heterocycles.